The molecule has 0 bridgehead atoms. The van der Waals surface area contributed by atoms with Gasteiger partial charge in [0.2, 0.25) is 0 Å². The summed E-state index contributed by atoms with van der Waals surface area (Å²) in [5.41, 5.74) is 1.08. The highest BCUT2D eigenvalue weighted by molar-refractivity contribution is 7.09. The van der Waals surface area contributed by atoms with E-state index in [1.54, 1.807) is 11.3 Å². The Morgan fingerprint density at radius 2 is 2.44 bits per heavy atom. The average Bonchev–Trinajstić information content (AvgIpc) is 2.88. The van der Waals surface area contributed by atoms with Crippen LogP contribution in [0.5, 0.6) is 0 Å². The van der Waals surface area contributed by atoms with Gasteiger partial charge in [-0.2, -0.15) is 5.10 Å². The summed E-state index contributed by atoms with van der Waals surface area (Å²) >= 11 is 1.69. The molecular formula is C11H16N4S. The molecule has 0 spiro atoms. The van der Waals surface area contributed by atoms with Crippen LogP contribution in [0.3, 0.4) is 0 Å². The van der Waals surface area contributed by atoms with Crippen LogP contribution in [-0.2, 0) is 13.5 Å². The molecule has 1 unspecified atom stereocenters. The second kappa shape index (κ2) is 5.23. The minimum atomic E-state index is 0.261. The van der Waals surface area contributed by atoms with Crippen molar-refractivity contribution >= 4 is 11.3 Å². The first-order valence-electron chi connectivity index (χ1n) is 5.41. The Balaban J connectivity index is 2.11. The van der Waals surface area contributed by atoms with Gasteiger partial charge in [0.25, 0.3) is 0 Å². The standard InChI is InChI=1S/C11H16N4S/c1-3-12-10(8-11-13-5-7-16-11)9-4-6-15(2)14-9/h4-7,10,12H,3,8H2,1-2H3. The minimum absolute atomic E-state index is 0.261. The largest absolute Gasteiger partial charge is 0.309 e. The van der Waals surface area contributed by atoms with E-state index >= 15 is 0 Å². The number of nitrogens with one attached hydrogen (secondary N) is 1. The van der Waals surface area contributed by atoms with Gasteiger partial charge in [0, 0.05) is 31.2 Å². The van der Waals surface area contributed by atoms with Gasteiger partial charge in [-0.15, -0.1) is 11.3 Å². The number of hydrogen-bond acceptors (Lipinski definition) is 4. The maximum Gasteiger partial charge on any atom is 0.0944 e. The highest BCUT2D eigenvalue weighted by atomic mass is 32.1. The van der Waals surface area contributed by atoms with E-state index in [1.165, 1.54) is 0 Å². The Labute approximate surface area is 99.3 Å². The summed E-state index contributed by atoms with van der Waals surface area (Å²) in [4.78, 5) is 4.31. The van der Waals surface area contributed by atoms with E-state index in [0.717, 1.165) is 23.7 Å². The van der Waals surface area contributed by atoms with Crippen LogP contribution in [0.4, 0.5) is 0 Å². The monoisotopic (exact) mass is 236 g/mol. The van der Waals surface area contributed by atoms with Crippen LogP contribution < -0.4 is 5.32 Å². The van der Waals surface area contributed by atoms with Crippen molar-refractivity contribution in [1.29, 1.82) is 0 Å². The molecule has 0 fully saturated rings. The first-order chi connectivity index (χ1) is 7.79. The van der Waals surface area contributed by atoms with Crippen LogP contribution in [0.1, 0.15) is 23.7 Å². The molecule has 4 nitrogen and oxygen atoms in total. The molecule has 0 aliphatic rings. The molecule has 0 amide bonds. The number of likely N-dealkylation sites (N-methyl/N-ethyl adjacent to an activating group) is 1. The van der Waals surface area contributed by atoms with Crippen molar-refractivity contribution in [2.24, 2.45) is 7.05 Å². The highest BCUT2D eigenvalue weighted by Crippen LogP contribution is 2.17. The fourth-order valence-corrected chi connectivity index (χ4v) is 2.34. The van der Waals surface area contributed by atoms with E-state index in [2.05, 4.69) is 28.4 Å². The third kappa shape index (κ3) is 2.68. The van der Waals surface area contributed by atoms with Crippen LogP contribution in [0.25, 0.3) is 0 Å². The van der Waals surface area contributed by atoms with Crippen LogP contribution in [0.15, 0.2) is 23.8 Å². The Kier molecular flexibility index (Phi) is 3.69. The van der Waals surface area contributed by atoms with Gasteiger partial charge >= 0.3 is 0 Å². The second-order valence-electron chi connectivity index (χ2n) is 3.65. The average molecular weight is 236 g/mol. The smallest absolute Gasteiger partial charge is 0.0944 e. The van der Waals surface area contributed by atoms with Crippen molar-refractivity contribution in [1.82, 2.24) is 20.1 Å². The fraction of sp³-hybridized carbons (Fsp3) is 0.455. The van der Waals surface area contributed by atoms with Gasteiger partial charge in [0.05, 0.1) is 16.7 Å². The quantitative estimate of drug-likeness (QED) is 0.860. The van der Waals surface area contributed by atoms with Crippen molar-refractivity contribution in [3.63, 3.8) is 0 Å². The van der Waals surface area contributed by atoms with E-state index in [1.807, 2.05) is 29.5 Å². The van der Waals surface area contributed by atoms with Gasteiger partial charge in [0.15, 0.2) is 0 Å². The van der Waals surface area contributed by atoms with E-state index in [9.17, 15) is 0 Å². The molecule has 0 aliphatic heterocycles. The van der Waals surface area contributed by atoms with E-state index < -0.39 is 0 Å². The molecule has 2 aromatic rings. The van der Waals surface area contributed by atoms with Crippen molar-refractivity contribution in [2.75, 3.05) is 6.54 Å². The zero-order valence-corrected chi connectivity index (χ0v) is 10.4. The predicted molar refractivity (Wildman–Crippen MR) is 65.4 cm³/mol. The first-order valence-corrected chi connectivity index (χ1v) is 6.29. The predicted octanol–water partition coefficient (Wildman–Crippen LogP) is 1.77. The number of nitrogens with zero attached hydrogens (tertiary/aromatic N) is 3. The molecular weight excluding hydrogens is 220 g/mol. The Bertz CT molecular complexity index is 421. The van der Waals surface area contributed by atoms with Crippen molar-refractivity contribution < 1.29 is 0 Å². The molecule has 2 rings (SSSR count). The second-order valence-corrected chi connectivity index (χ2v) is 4.63. The summed E-state index contributed by atoms with van der Waals surface area (Å²) in [6, 6.07) is 2.32. The lowest BCUT2D eigenvalue weighted by Crippen LogP contribution is -2.23. The molecule has 16 heavy (non-hydrogen) atoms. The topological polar surface area (TPSA) is 42.7 Å². The van der Waals surface area contributed by atoms with Gasteiger partial charge in [-0.1, -0.05) is 6.92 Å². The van der Waals surface area contributed by atoms with E-state index in [4.69, 9.17) is 0 Å². The van der Waals surface area contributed by atoms with Gasteiger partial charge < -0.3 is 5.32 Å². The first kappa shape index (κ1) is 11.3. The highest BCUT2D eigenvalue weighted by Gasteiger charge is 2.14. The van der Waals surface area contributed by atoms with Crippen LogP contribution >= 0.6 is 11.3 Å². The summed E-state index contributed by atoms with van der Waals surface area (Å²) in [6.45, 7) is 3.05. The number of thiazole rings is 1. The zero-order chi connectivity index (χ0) is 11.4. The van der Waals surface area contributed by atoms with Crippen LogP contribution in [-0.4, -0.2) is 21.3 Å². The molecule has 1 N–H and O–H groups in total. The van der Waals surface area contributed by atoms with Gasteiger partial charge in [0.1, 0.15) is 0 Å². The van der Waals surface area contributed by atoms with E-state index in [0.29, 0.717) is 0 Å². The Hall–Kier alpha value is -1.20. The van der Waals surface area contributed by atoms with Crippen LogP contribution in [0.2, 0.25) is 0 Å². The number of hydrogen-bond donors (Lipinski definition) is 1. The molecule has 5 heteroatoms. The van der Waals surface area contributed by atoms with Gasteiger partial charge in [-0.05, 0) is 12.6 Å². The lowest BCUT2D eigenvalue weighted by molar-refractivity contribution is 0.527. The third-order valence-electron chi connectivity index (χ3n) is 2.40. The lowest BCUT2D eigenvalue weighted by atomic mass is 10.1. The van der Waals surface area contributed by atoms with Gasteiger partial charge in [-0.25, -0.2) is 4.98 Å². The summed E-state index contributed by atoms with van der Waals surface area (Å²) in [7, 11) is 1.94. The summed E-state index contributed by atoms with van der Waals surface area (Å²) in [6.07, 6.45) is 4.73. The fourth-order valence-electron chi connectivity index (χ4n) is 1.67. The van der Waals surface area contributed by atoms with E-state index in [-0.39, 0.29) is 6.04 Å². The summed E-state index contributed by atoms with van der Waals surface area (Å²) in [5.74, 6) is 0. The number of aromatic nitrogens is 3. The molecule has 2 heterocycles. The summed E-state index contributed by atoms with van der Waals surface area (Å²) in [5, 5.41) is 11.0. The van der Waals surface area contributed by atoms with Gasteiger partial charge in [-0.3, -0.25) is 4.68 Å². The lowest BCUT2D eigenvalue weighted by Gasteiger charge is -2.13. The van der Waals surface area contributed by atoms with Crippen molar-refractivity contribution in [2.45, 2.75) is 19.4 Å². The molecule has 0 saturated carbocycles. The normalized spacial score (nSPS) is 12.9. The number of rotatable bonds is 5. The SMILES string of the molecule is CCNC(Cc1nccs1)c1ccn(C)n1. The third-order valence-corrected chi connectivity index (χ3v) is 3.21. The van der Waals surface area contributed by atoms with Crippen molar-refractivity contribution in [3.05, 3.63) is 34.5 Å². The zero-order valence-electron chi connectivity index (χ0n) is 9.55. The maximum atomic E-state index is 4.44. The Morgan fingerprint density at radius 1 is 1.56 bits per heavy atom. The van der Waals surface area contributed by atoms with Crippen molar-refractivity contribution in [3.8, 4) is 0 Å². The number of aryl methyl sites for hydroxylation is 1. The molecule has 2 aromatic heterocycles. The summed E-state index contributed by atoms with van der Waals surface area (Å²) < 4.78 is 1.83. The molecule has 0 aliphatic carbocycles. The molecule has 0 aromatic carbocycles. The maximum absolute atomic E-state index is 4.44. The Morgan fingerprint density at radius 3 is 3.00 bits per heavy atom. The van der Waals surface area contributed by atoms with Crippen LogP contribution in [0, 0.1) is 0 Å². The molecule has 0 radical (unpaired) electrons. The minimum Gasteiger partial charge on any atom is -0.309 e. The molecule has 86 valence electrons. The molecule has 0 saturated heterocycles. The molecule has 1 atom stereocenters.